The average Bonchev–Trinajstić information content (AvgIpc) is 3.28. The number of likely N-dealkylation sites (tertiary alicyclic amines) is 1. The fourth-order valence-electron chi connectivity index (χ4n) is 4.13. The Morgan fingerprint density at radius 3 is 2.30 bits per heavy atom. The van der Waals surface area contributed by atoms with Gasteiger partial charge in [0.1, 0.15) is 6.10 Å². The minimum Gasteiger partial charge on any atom is -0.386 e. The molecule has 0 spiro atoms. The second-order valence-corrected chi connectivity index (χ2v) is 8.34. The van der Waals surface area contributed by atoms with E-state index in [4.69, 9.17) is 28.5 Å². The predicted octanol–water partition coefficient (Wildman–Crippen LogP) is 5.80. The topological polar surface area (TPSA) is 60.1 Å². The number of nitriles is 1. The Morgan fingerprint density at radius 1 is 1.00 bits per heavy atom. The monoisotopic (exact) mass is 437 g/mol. The van der Waals surface area contributed by atoms with Crippen LogP contribution >= 0.6 is 23.2 Å². The second-order valence-electron chi connectivity index (χ2n) is 7.47. The maximum absolute atomic E-state index is 11.6. The van der Waals surface area contributed by atoms with Crippen LogP contribution in [0.2, 0.25) is 10.0 Å². The first-order valence-corrected chi connectivity index (χ1v) is 10.7. The molecule has 1 aromatic heterocycles. The first-order valence-electron chi connectivity index (χ1n) is 9.90. The number of pyridine rings is 1. The van der Waals surface area contributed by atoms with Crippen LogP contribution < -0.4 is 0 Å². The van der Waals surface area contributed by atoms with Gasteiger partial charge >= 0.3 is 0 Å². The van der Waals surface area contributed by atoms with Crippen molar-refractivity contribution in [2.45, 2.75) is 25.0 Å². The summed E-state index contributed by atoms with van der Waals surface area (Å²) in [7, 11) is 0. The van der Waals surface area contributed by atoms with Gasteiger partial charge in [-0.05, 0) is 67.9 Å². The van der Waals surface area contributed by atoms with Crippen molar-refractivity contribution in [1.82, 2.24) is 9.88 Å². The largest absolute Gasteiger partial charge is 0.386 e. The molecule has 30 heavy (non-hydrogen) atoms. The molecule has 152 valence electrons. The van der Waals surface area contributed by atoms with Gasteiger partial charge in [-0.25, -0.2) is 0 Å². The highest BCUT2D eigenvalue weighted by Crippen LogP contribution is 2.40. The summed E-state index contributed by atoms with van der Waals surface area (Å²) in [6, 6.07) is 18.4. The van der Waals surface area contributed by atoms with E-state index in [9.17, 15) is 5.11 Å². The van der Waals surface area contributed by atoms with E-state index < -0.39 is 6.10 Å². The molecule has 1 saturated heterocycles. The molecular formula is C24H21Cl2N3O. The van der Waals surface area contributed by atoms with Crippen LogP contribution in [-0.2, 0) is 0 Å². The van der Waals surface area contributed by atoms with Crippen LogP contribution in [0.3, 0.4) is 0 Å². The Balaban J connectivity index is 1.78. The number of aliphatic hydroxyl groups excluding tert-OH is 1. The van der Waals surface area contributed by atoms with Crippen molar-refractivity contribution in [2.24, 2.45) is 0 Å². The third-order valence-electron chi connectivity index (χ3n) is 5.51. The van der Waals surface area contributed by atoms with Crippen LogP contribution in [0.25, 0.3) is 11.3 Å². The molecule has 0 radical (unpaired) electrons. The van der Waals surface area contributed by atoms with E-state index in [0.717, 1.165) is 42.6 Å². The summed E-state index contributed by atoms with van der Waals surface area (Å²) >= 11 is 12.4. The SMILES string of the molecule is N#Cc1ccc([C@@H]([C@H](O)c2cccnc2-c2cc(Cl)cc(Cl)c2)N2CCCC2)cc1. The summed E-state index contributed by atoms with van der Waals surface area (Å²) in [6.07, 6.45) is 3.09. The zero-order chi connectivity index (χ0) is 21.1. The van der Waals surface area contributed by atoms with Gasteiger partial charge in [-0.2, -0.15) is 5.26 Å². The van der Waals surface area contributed by atoms with Crippen LogP contribution in [-0.4, -0.2) is 28.1 Å². The van der Waals surface area contributed by atoms with Crippen molar-refractivity contribution < 1.29 is 5.11 Å². The van der Waals surface area contributed by atoms with Crippen LogP contribution in [0, 0.1) is 11.3 Å². The summed E-state index contributed by atoms with van der Waals surface area (Å²) in [5.41, 5.74) is 3.72. The van der Waals surface area contributed by atoms with Crippen LogP contribution in [0.15, 0.2) is 60.8 Å². The number of rotatable bonds is 5. The molecule has 2 atom stereocenters. The number of aromatic nitrogens is 1. The van der Waals surface area contributed by atoms with Crippen LogP contribution in [0.1, 0.15) is 41.7 Å². The second kappa shape index (κ2) is 9.16. The zero-order valence-electron chi connectivity index (χ0n) is 16.3. The molecule has 1 aliphatic heterocycles. The summed E-state index contributed by atoms with van der Waals surface area (Å²) in [4.78, 5) is 6.84. The lowest BCUT2D eigenvalue weighted by Gasteiger charge is -2.33. The van der Waals surface area contributed by atoms with E-state index in [1.54, 1.807) is 36.5 Å². The summed E-state index contributed by atoms with van der Waals surface area (Å²) in [5, 5.41) is 21.8. The number of nitrogens with zero attached hydrogens (tertiary/aromatic N) is 3. The van der Waals surface area contributed by atoms with Gasteiger partial charge in [0.15, 0.2) is 0 Å². The van der Waals surface area contributed by atoms with Crippen molar-refractivity contribution in [3.05, 3.63) is 87.5 Å². The van der Waals surface area contributed by atoms with Gasteiger partial charge in [0.05, 0.1) is 23.4 Å². The molecule has 4 nitrogen and oxygen atoms in total. The highest BCUT2D eigenvalue weighted by Gasteiger charge is 2.32. The molecule has 2 aromatic carbocycles. The van der Waals surface area contributed by atoms with Crippen molar-refractivity contribution in [3.8, 4) is 17.3 Å². The van der Waals surface area contributed by atoms with Gasteiger partial charge in [0, 0.05) is 27.4 Å². The van der Waals surface area contributed by atoms with E-state index in [1.807, 2.05) is 24.3 Å². The lowest BCUT2D eigenvalue weighted by Crippen LogP contribution is -2.31. The van der Waals surface area contributed by atoms with Gasteiger partial charge in [0.25, 0.3) is 0 Å². The zero-order valence-corrected chi connectivity index (χ0v) is 17.8. The molecule has 1 N–H and O–H groups in total. The van der Waals surface area contributed by atoms with Gasteiger partial charge in [-0.1, -0.05) is 41.4 Å². The number of hydrogen-bond donors (Lipinski definition) is 1. The smallest absolute Gasteiger partial charge is 0.101 e. The fourth-order valence-corrected chi connectivity index (χ4v) is 4.65. The third-order valence-corrected chi connectivity index (χ3v) is 5.94. The van der Waals surface area contributed by atoms with E-state index in [2.05, 4.69) is 16.0 Å². The van der Waals surface area contributed by atoms with Crippen molar-refractivity contribution >= 4 is 23.2 Å². The Hall–Kier alpha value is -2.42. The van der Waals surface area contributed by atoms with E-state index >= 15 is 0 Å². The summed E-state index contributed by atoms with van der Waals surface area (Å²) in [5.74, 6) is 0. The average molecular weight is 438 g/mol. The summed E-state index contributed by atoms with van der Waals surface area (Å²) < 4.78 is 0. The maximum Gasteiger partial charge on any atom is 0.101 e. The van der Waals surface area contributed by atoms with Gasteiger partial charge in [-0.15, -0.1) is 0 Å². The number of halogens is 2. The Bertz CT molecular complexity index is 1050. The lowest BCUT2D eigenvalue weighted by molar-refractivity contribution is 0.0609. The molecule has 1 fully saturated rings. The minimum absolute atomic E-state index is 0.238. The van der Waals surface area contributed by atoms with Gasteiger partial charge in [0.2, 0.25) is 0 Å². The molecule has 0 bridgehead atoms. The van der Waals surface area contributed by atoms with E-state index in [-0.39, 0.29) is 6.04 Å². The Kier molecular flexibility index (Phi) is 6.36. The molecule has 4 rings (SSSR count). The molecule has 3 aromatic rings. The van der Waals surface area contributed by atoms with Crippen molar-refractivity contribution in [1.29, 1.82) is 5.26 Å². The highest BCUT2D eigenvalue weighted by atomic mass is 35.5. The first-order chi connectivity index (χ1) is 14.6. The number of aliphatic hydroxyl groups is 1. The van der Waals surface area contributed by atoms with E-state index in [1.165, 1.54) is 0 Å². The number of benzene rings is 2. The highest BCUT2D eigenvalue weighted by molar-refractivity contribution is 6.35. The Labute approximate surface area is 186 Å². The van der Waals surface area contributed by atoms with Gasteiger partial charge < -0.3 is 5.11 Å². The molecule has 1 aliphatic rings. The molecule has 0 aliphatic carbocycles. The minimum atomic E-state index is -0.808. The lowest BCUT2D eigenvalue weighted by atomic mass is 9.91. The fraction of sp³-hybridized carbons (Fsp3) is 0.250. The standard InChI is InChI=1S/C24H21Cl2N3O/c25-19-12-18(13-20(26)14-19)22-21(4-3-9-28-22)24(30)23(29-10-1-2-11-29)17-7-5-16(15-27)6-8-17/h3-9,12-14,23-24,30H,1-2,10-11H2/t23-,24+/m0/s1. The quantitative estimate of drug-likeness (QED) is 0.547. The molecule has 0 saturated carbocycles. The maximum atomic E-state index is 11.6. The molecule has 6 heteroatoms. The van der Waals surface area contributed by atoms with Crippen molar-refractivity contribution in [3.63, 3.8) is 0 Å². The Morgan fingerprint density at radius 2 is 1.67 bits per heavy atom. The van der Waals surface area contributed by atoms with Crippen LogP contribution in [0.5, 0.6) is 0 Å². The molecular weight excluding hydrogens is 417 g/mol. The predicted molar refractivity (Wildman–Crippen MR) is 119 cm³/mol. The number of hydrogen-bond acceptors (Lipinski definition) is 4. The third kappa shape index (κ3) is 4.35. The van der Waals surface area contributed by atoms with Crippen LogP contribution in [0.4, 0.5) is 0 Å². The normalized spacial score (nSPS) is 16.2. The van der Waals surface area contributed by atoms with Crippen molar-refractivity contribution in [2.75, 3.05) is 13.1 Å². The molecule has 2 heterocycles. The molecule has 0 amide bonds. The van der Waals surface area contributed by atoms with Gasteiger partial charge in [-0.3, -0.25) is 9.88 Å². The van der Waals surface area contributed by atoms with E-state index in [0.29, 0.717) is 21.3 Å². The summed E-state index contributed by atoms with van der Waals surface area (Å²) in [6.45, 7) is 1.83. The molecule has 0 unspecified atom stereocenters. The first kappa shape index (κ1) is 20.8.